The maximum absolute atomic E-state index is 11.0. The molecule has 3 nitrogen and oxygen atoms in total. The van der Waals surface area contributed by atoms with Gasteiger partial charge in [-0.25, -0.2) is 0 Å². The van der Waals surface area contributed by atoms with E-state index in [4.69, 9.17) is 11.6 Å². The van der Waals surface area contributed by atoms with Gasteiger partial charge in [0.15, 0.2) is 0 Å². The molecule has 76 valence electrons. The summed E-state index contributed by atoms with van der Waals surface area (Å²) in [5, 5.41) is 1.78. The molecular weight excluding hydrogens is 210 g/mol. The molecule has 0 aromatic carbocycles. The van der Waals surface area contributed by atoms with Crippen LogP contribution in [0.1, 0.15) is 20.8 Å². The smallest absolute Gasteiger partial charge is 0.279 e. The minimum Gasteiger partial charge on any atom is -0.340 e. The van der Waals surface area contributed by atoms with Crippen LogP contribution in [0.3, 0.4) is 0 Å². The summed E-state index contributed by atoms with van der Waals surface area (Å²) < 4.78 is 0. The number of ketones is 1. The molecule has 1 unspecified atom stereocenters. The van der Waals surface area contributed by atoms with Crippen LogP contribution in [0.25, 0.3) is 0 Å². The van der Waals surface area contributed by atoms with Gasteiger partial charge in [-0.3, -0.25) is 9.59 Å². The summed E-state index contributed by atoms with van der Waals surface area (Å²) in [7, 11) is 0. The van der Waals surface area contributed by atoms with Crippen LogP contribution in [-0.4, -0.2) is 28.2 Å². The molecule has 1 atom stereocenters. The van der Waals surface area contributed by atoms with Crippen molar-refractivity contribution in [3.8, 4) is 0 Å². The standard InChI is InChI=1S/C8H14ClNO2S/c1-5(11)6(9)8(2,3)10-7(12)13-4/h6H,1-4H3,(H,10,12). The SMILES string of the molecule is CSC(=O)NC(C)(C)C(Cl)C(C)=O. The Balaban J connectivity index is 4.38. The predicted octanol–water partition coefficient (Wildman–Crippen LogP) is 2.03. The highest BCUT2D eigenvalue weighted by molar-refractivity contribution is 8.12. The van der Waals surface area contributed by atoms with Gasteiger partial charge in [-0.1, -0.05) is 11.8 Å². The number of Topliss-reactive ketones (excluding diaryl/α,β-unsaturated/α-hetero) is 1. The summed E-state index contributed by atoms with van der Waals surface area (Å²) in [6.07, 6.45) is 1.67. The Morgan fingerprint density at radius 1 is 1.46 bits per heavy atom. The first kappa shape index (κ1) is 12.8. The van der Waals surface area contributed by atoms with Crippen molar-refractivity contribution in [1.82, 2.24) is 5.32 Å². The highest BCUT2D eigenvalue weighted by atomic mass is 35.5. The highest BCUT2D eigenvalue weighted by Crippen LogP contribution is 2.17. The number of hydrogen-bond acceptors (Lipinski definition) is 3. The third kappa shape index (κ3) is 4.00. The van der Waals surface area contributed by atoms with Crippen LogP contribution in [0.5, 0.6) is 0 Å². The molecule has 0 heterocycles. The average Bonchev–Trinajstić information content (AvgIpc) is 2.01. The van der Waals surface area contributed by atoms with Crippen LogP contribution in [0.2, 0.25) is 0 Å². The lowest BCUT2D eigenvalue weighted by atomic mass is 9.98. The van der Waals surface area contributed by atoms with Crippen LogP contribution in [0.15, 0.2) is 0 Å². The minimum absolute atomic E-state index is 0.145. The van der Waals surface area contributed by atoms with Gasteiger partial charge >= 0.3 is 0 Å². The van der Waals surface area contributed by atoms with Crippen molar-refractivity contribution in [1.29, 1.82) is 0 Å². The zero-order valence-corrected chi connectivity index (χ0v) is 9.75. The normalized spacial score (nSPS) is 13.6. The molecule has 0 spiro atoms. The summed E-state index contributed by atoms with van der Waals surface area (Å²) in [6, 6.07) is 0. The van der Waals surface area contributed by atoms with E-state index in [-0.39, 0.29) is 11.0 Å². The maximum atomic E-state index is 11.0. The molecular formula is C8H14ClNO2S. The molecule has 0 aliphatic heterocycles. The molecule has 0 aliphatic rings. The van der Waals surface area contributed by atoms with E-state index in [1.165, 1.54) is 6.92 Å². The Kier molecular flexibility index (Phi) is 4.78. The van der Waals surface area contributed by atoms with Gasteiger partial charge < -0.3 is 5.32 Å². The van der Waals surface area contributed by atoms with Crippen molar-refractivity contribution in [3.63, 3.8) is 0 Å². The number of thioether (sulfide) groups is 1. The minimum atomic E-state index is -0.701. The Hall–Kier alpha value is -0.220. The largest absolute Gasteiger partial charge is 0.340 e. The fourth-order valence-electron chi connectivity index (χ4n) is 0.886. The average molecular weight is 224 g/mol. The number of amides is 1. The summed E-state index contributed by atoms with van der Waals surface area (Å²) in [5.41, 5.74) is -0.701. The van der Waals surface area contributed by atoms with Crippen molar-refractivity contribution in [2.24, 2.45) is 0 Å². The van der Waals surface area contributed by atoms with E-state index in [0.717, 1.165) is 11.8 Å². The quantitative estimate of drug-likeness (QED) is 0.745. The maximum Gasteiger partial charge on any atom is 0.279 e. The zero-order chi connectivity index (χ0) is 10.6. The van der Waals surface area contributed by atoms with Crippen molar-refractivity contribution in [3.05, 3.63) is 0 Å². The summed E-state index contributed by atoms with van der Waals surface area (Å²) >= 11 is 6.90. The van der Waals surface area contributed by atoms with Gasteiger partial charge in [0.05, 0.1) is 5.54 Å². The second-order valence-electron chi connectivity index (χ2n) is 3.31. The van der Waals surface area contributed by atoms with Crippen LogP contribution in [0.4, 0.5) is 4.79 Å². The van der Waals surface area contributed by atoms with Crippen LogP contribution in [-0.2, 0) is 4.79 Å². The van der Waals surface area contributed by atoms with Gasteiger partial charge in [0.25, 0.3) is 5.24 Å². The molecule has 1 amide bonds. The topological polar surface area (TPSA) is 46.2 Å². The Morgan fingerprint density at radius 3 is 2.23 bits per heavy atom. The van der Waals surface area contributed by atoms with E-state index in [1.807, 2.05) is 0 Å². The Labute approximate surface area is 87.6 Å². The Morgan fingerprint density at radius 2 is 1.92 bits per heavy atom. The number of nitrogens with one attached hydrogen (secondary N) is 1. The van der Waals surface area contributed by atoms with Gasteiger partial charge in [0.2, 0.25) is 0 Å². The number of carbonyl (C=O) groups excluding carboxylic acids is 2. The van der Waals surface area contributed by atoms with Crippen molar-refractivity contribution < 1.29 is 9.59 Å². The number of hydrogen-bond donors (Lipinski definition) is 1. The van der Waals surface area contributed by atoms with Gasteiger partial charge in [-0.15, -0.1) is 11.6 Å². The number of alkyl halides is 1. The molecule has 0 aromatic rings. The van der Waals surface area contributed by atoms with Gasteiger partial charge in [-0.2, -0.15) is 0 Å². The first-order valence-corrected chi connectivity index (χ1v) is 5.48. The zero-order valence-electron chi connectivity index (χ0n) is 8.18. The molecule has 0 fully saturated rings. The molecule has 0 saturated carbocycles. The highest BCUT2D eigenvalue weighted by Gasteiger charge is 2.32. The van der Waals surface area contributed by atoms with E-state index >= 15 is 0 Å². The van der Waals surface area contributed by atoms with E-state index in [1.54, 1.807) is 20.1 Å². The van der Waals surface area contributed by atoms with Crippen molar-refractivity contribution in [2.45, 2.75) is 31.7 Å². The third-order valence-corrected chi connectivity index (χ3v) is 2.93. The lowest BCUT2D eigenvalue weighted by Crippen LogP contribution is -2.51. The molecule has 0 saturated heterocycles. The molecule has 0 aliphatic carbocycles. The fourth-order valence-corrected chi connectivity index (χ4v) is 1.31. The first-order valence-electron chi connectivity index (χ1n) is 3.82. The van der Waals surface area contributed by atoms with Gasteiger partial charge in [0, 0.05) is 0 Å². The van der Waals surface area contributed by atoms with Crippen LogP contribution in [0, 0.1) is 0 Å². The Bertz CT molecular complexity index is 218. The lowest BCUT2D eigenvalue weighted by Gasteiger charge is -2.29. The molecule has 0 aromatic heterocycles. The summed E-state index contributed by atoms with van der Waals surface area (Å²) in [6.45, 7) is 4.85. The van der Waals surface area contributed by atoms with Crippen LogP contribution < -0.4 is 5.32 Å². The van der Waals surface area contributed by atoms with E-state index < -0.39 is 10.9 Å². The van der Waals surface area contributed by atoms with E-state index in [9.17, 15) is 9.59 Å². The monoisotopic (exact) mass is 223 g/mol. The second-order valence-corrected chi connectivity index (χ2v) is 4.53. The number of carbonyl (C=O) groups is 2. The number of halogens is 1. The molecule has 0 bridgehead atoms. The molecule has 5 heteroatoms. The lowest BCUT2D eigenvalue weighted by molar-refractivity contribution is -0.117. The van der Waals surface area contributed by atoms with Crippen molar-refractivity contribution in [2.75, 3.05) is 6.26 Å². The molecule has 0 rings (SSSR count). The van der Waals surface area contributed by atoms with Gasteiger partial charge in [-0.05, 0) is 27.0 Å². The molecule has 13 heavy (non-hydrogen) atoms. The van der Waals surface area contributed by atoms with Crippen LogP contribution >= 0.6 is 23.4 Å². The van der Waals surface area contributed by atoms with E-state index in [0.29, 0.717) is 0 Å². The van der Waals surface area contributed by atoms with E-state index in [2.05, 4.69) is 5.32 Å². The fraction of sp³-hybridized carbons (Fsp3) is 0.750. The first-order chi connectivity index (χ1) is 5.81. The number of rotatable bonds is 3. The van der Waals surface area contributed by atoms with Gasteiger partial charge in [0.1, 0.15) is 11.2 Å². The predicted molar refractivity (Wildman–Crippen MR) is 56.4 cm³/mol. The molecule has 0 radical (unpaired) electrons. The summed E-state index contributed by atoms with van der Waals surface area (Å²) in [5.74, 6) is -0.145. The summed E-state index contributed by atoms with van der Waals surface area (Å²) in [4.78, 5) is 22.0. The second kappa shape index (κ2) is 4.86. The third-order valence-electron chi connectivity index (χ3n) is 1.60. The molecule has 1 N–H and O–H groups in total. The van der Waals surface area contributed by atoms with Crippen molar-refractivity contribution >= 4 is 34.4 Å².